The maximum absolute atomic E-state index is 16.6. The van der Waals surface area contributed by atoms with E-state index in [-0.39, 0.29) is 22.5 Å². The molecule has 0 bridgehead atoms. The van der Waals surface area contributed by atoms with Gasteiger partial charge in [0.2, 0.25) is 0 Å². The highest BCUT2D eigenvalue weighted by Gasteiger charge is 2.39. The Labute approximate surface area is 352 Å². The van der Waals surface area contributed by atoms with Gasteiger partial charge in [0.15, 0.2) is 0 Å². The molecule has 62 heavy (non-hydrogen) atoms. The molecule has 10 rings (SSSR count). The lowest BCUT2D eigenvalue weighted by Crippen LogP contribution is -2.16. The van der Waals surface area contributed by atoms with Crippen LogP contribution in [0, 0.1) is 45.3 Å². The summed E-state index contributed by atoms with van der Waals surface area (Å²) in [5, 5.41) is 42.9. The third kappa shape index (κ3) is 5.93. The Morgan fingerprint density at radius 2 is 0.774 bits per heavy atom. The number of rotatable bonds is 5. The predicted molar refractivity (Wildman–Crippen MR) is 235 cm³/mol. The molecule has 9 heteroatoms. The number of nitriles is 4. The van der Waals surface area contributed by atoms with E-state index in [1.165, 1.54) is 18.2 Å². The van der Waals surface area contributed by atoms with E-state index in [0.717, 1.165) is 10.8 Å². The fraction of sp³-hybridized carbons (Fsp3) is 0.0189. The number of hydrogen-bond acceptors (Lipinski definition) is 4. The number of alkyl halides is 3. The summed E-state index contributed by atoms with van der Waals surface area (Å²) in [6.45, 7) is 0. The minimum Gasteiger partial charge on any atom is -0.309 e. The number of fused-ring (bicyclic) bond motifs is 6. The third-order valence-corrected chi connectivity index (χ3v) is 11.5. The highest BCUT2D eigenvalue weighted by molar-refractivity contribution is 6.12. The lowest BCUT2D eigenvalue weighted by molar-refractivity contribution is -0.137. The molecule has 0 unspecified atom stereocenters. The Hall–Kier alpha value is -8.89. The smallest absolute Gasteiger partial charge is 0.309 e. The topological polar surface area (TPSA) is 105 Å². The number of aromatic nitrogens is 2. The van der Waals surface area contributed by atoms with Gasteiger partial charge in [-0.15, -0.1) is 0 Å². The zero-order valence-corrected chi connectivity index (χ0v) is 32.4. The highest BCUT2D eigenvalue weighted by atomic mass is 19.4. The van der Waals surface area contributed by atoms with Gasteiger partial charge in [-0.2, -0.15) is 34.2 Å². The van der Waals surface area contributed by atoms with Crippen molar-refractivity contribution in [3.63, 3.8) is 0 Å². The molecule has 0 spiro atoms. The molecule has 0 saturated carbocycles. The van der Waals surface area contributed by atoms with Gasteiger partial charge in [0.05, 0.1) is 80.0 Å². The van der Waals surface area contributed by atoms with E-state index < -0.39 is 11.7 Å². The summed E-state index contributed by atoms with van der Waals surface area (Å²) in [5.74, 6) is 0. The zero-order chi connectivity index (χ0) is 42.7. The van der Waals surface area contributed by atoms with Crippen LogP contribution >= 0.6 is 0 Å². The second kappa shape index (κ2) is 14.4. The van der Waals surface area contributed by atoms with Crippen LogP contribution in [-0.4, -0.2) is 9.13 Å². The van der Waals surface area contributed by atoms with E-state index in [9.17, 15) is 21.0 Å². The fourth-order valence-electron chi connectivity index (χ4n) is 8.80. The largest absolute Gasteiger partial charge is 0.420 e. The molecule has 10 aromatic rings. The Morgan fingerprint density at radius 1 is 0.371 bits per heavy atom. The van der Waals surface area contributed by atoms with Crippen LogP contribution in [0.4, 0.5) is 13.2 Å². The molecule has 0 N–H and O–H groups in total. The molecule has 2 heterocycles. The maximum atomic E-state index is 16.6. The normalized spacial score (nSPS) is 11.4. The number of halogens is 3. The average Bonchev–Trinajstić information content (AvgIpc) is 3.82. The summed E-state index contributed by atoms with van der Waals surface area (Å²) in [6.07, 6.45) is -4.94. The van der Waals surface area contributed by atoms with Crippen molar-refractivity contribution in [1.82, 2.24) is 9.13 Å². The molecule has 2 aromatic heterocycles. The van der Waals surface area contributed by atoms with E-state index in [1.54, 1.807) is 69.8 Å². The van der Waals surface area contributed by atoms with Gasteiger partial charge in [-0.3, -0.25) is 0 Å². The van der Waals surface area contributed by atoms with Crippen LogP contribution in [0.15, 0.2) is 164 Å². The van der Waals surface area contributed by atoms with E-state index in [2.05, 4.69) is 24.3 Å². The molecular weight excluding hydrogens is 778 g/mol. The Bertz CT molecular complexity index is 3460. The van der Waals surface area contributed by atoms with Crippen LogP contribution in [0.25, 0.3) is 88.4 Å². The summed E-state index contributed by atoms with van der Waals surface area (Å²) >= 11 is 0. The summed E-state index contributed by atoms with van der Waals surface area (Å²) < 4.78 is 52.9. The van der Waals surface area contributed by atoms with Gasteiger partial charge < -0.3 is 9.13 Å². The van der Waals surface area contributed by atoms with Crippen molar-refractivity contribution in [3.05, 3.63) is 192 Å². The molecule has 0 fully saturated rings. The van der Waals surface area contributed by atoms with Crippen molar-refractivity contribution in [1.29, 1.82) is 21.0 Å². The van der Waals surface area contributed by atoms with E-state index in [1.807, 2.05) is 84.9 Å². The first-order valence-corrected chi connectivity index (χ1v) is 19.5. The Morgan fingerprint density at radius 3 is 1.21 bits per heavy atom. The first-order valence-electron chi connectivity index (χ1n) is 19.5. The zero-order valence-electron chi connectivity index (χ0n) is 32.4. The molecule has 0 aliphatic rings. The SMILES string of the molecule is N#Cc1cc(C#N)cc(-c2cc(-n3c4ccccc4c4ccc(-c5ccccc5C#N)cc43)c(C(F)(F)F)c(-n3c4ccccc4c4ccc(-c5ccccc5C#N)cc43)c2)c1. The first-order chi connectivity index (χ1) is 30.2. The van der Waals surface area contributed by atoms with Gasteiger partial charge in [0.1, 0.15) is 5.56 Å². The molecule has 0 radical (unpaired) electrons. The quantitative estimate of drug-likeness (QED) is 0.173. The van der Waals surface area contributed by atoms with Crippen molar-refractivity contribution in [2.45, 2.75) is 6.18 Å². The van der Waals surface area contributed by atoms with Crippen LogP contribution in [0.1, 0.15) is 27.8 Å². The number of benzene rings is 8. The van der Waals surface area contributed by atoms with Crippen molar-refractivity contribution in [2.24, 2.45) is 0 Å². The average molecular weight is 805 g/mol. The van der Waals surface area contributed by atoms with Crippen molar-refractivity contribution in [3.8, 4) is 69.0 Å². The van der Waals surface area contributed by atoms with Crippen LogP contribution in [-0.2, 0) is 6.18 Å². The second-order valence-electron chi connectivity index (χ2n) is 14.9. The molecule has 8 aromatic carbocycles. The number of nitrogens with zero attached hydrogens (tertiary/aromatic N) is 6. The van der Waals surface area contributed by atoms with E-state index >= 15 is 13.2 Å². The third-order valence-electron chi connectivity index (χ3n) is 11.5. The van der Waals surface area contributed by atoms with Crippen molar-refractivity contribution >= 4 is 43.6 Å². The molecule has 0 aliphatic carbocycles. The predicted octanol–water partition coefficient (Wildman–Crippen LogP) is 13.4. The van der Waals surface area contributed by atoms with Crippen LogP contribution in [0.3, 0.4) is 0 Å². The Balaban J connectivity index is 1.39. The highest BCUT2D eigenvalue weighted by Crippen LogP contribution is 2.47. The molecular formula is C53H27F3N6. The van der Waals surface area contributed by atoms with Crippen LogP contribution < -0.4 is 0 Å². The lowest BCUT2D eigenvalue weighted by atomic mass is 9.96. The first kappa shape index (κ1) is 37.4. The van der Waals surface area contributed by atoms with Crippen LogP contribution in [0.5, 0.6) is 0 Å². The van der Waals surface area contributed by atoms with E-state index in [4.69, 9.17) is 0 Å². The van der Waals surface area contributed by atoms with Crippen molar-refractivity contribution in [2.75, 3.05) is 0 Å². The maximum Gasteiger partial charge on any atom is 0.420 e. The van der Waals surface area contributed by atoms with Gasteiger partial charge in [0, 0.05) is 21.5 Å². The lowest BCUT2D eigenvalue weighted by Gasteiger charge is -2.23. The summed E-state index contributed by atoms with van der Waals surface area (Å²) in [7, 11) is 0. The molecule has 0 aliphatic heterocycles. The second-order valence-corrected chi connectivity index (χ2v) is 14.9. The van der Waals surface area contributed by atoms with Gasteiger partial charge in [-0.25, -0.2) is 0 Å². The van der Waals surface area contributed by atoms with Crippen LogP contribution in [0.2, 0.25) is 0 Å². The Kier molecular flexibility index (Phi) is 8.70. The molecule has 290 valence electrons. The molecule has 0 saturated heterocycles. The minimum absolute atomic E-state index is 0.178. The summed E-state index contributed by atoms with van der Waals surface area (Å²) in [6, 6.07) is 56.1. The molecule has 0 amide bonds. The van der Waals surface area contributed by atoms with Crippen molar-refractivity contribution < 1.29 is 13.2 Å². The summed E-state index contributed by atoms with van der Waals surface area (Å²) in [4.78, 5) is 0. The molecule has 0 atom stereocenters. The fourth-order valence-corrected chi connectivity index (χ4v) is 8.80. The van der Waals surface area contributed by atoms with Gasteiger partial charge in [-0.1, -0.05) is 97.1 Å². The van der Waals surface area contributed by atoms with Gasteiger partial charge in [0.25, 0.3) is 0 Å². The monoisotopic (exact) mass is 804 g/mol. The summed E-state index contributed by atoms with van der Waals surface area (Å²) in [5.41, 5.74) is 5.19. The number of hydrogen-bond donors (Lipinski definition) is 0. The molecule has 6 nitrogen and oxygen atoms in total. The van der Waals surface area contributed by atoms with E-state index in [0.29, 0.717) is 77.3 Å². The number of para-hydroxylation sites is 2. The van der Waals surface area contributed by atoms with Gasteiger partial charge >= 0.3 is 6.18 Å². The standard InChI is InChI=1S/C53H27F3N6/c54-53(55,56)52-50(61-46-15-7-5-13-42(46)44-19-17-34(24-48(44)61)40-11-3-1-9-36(40)30-59)26-39(38-22-32(28-57)21-33(23-38)29-58)27-51(52)62-47-16-8-6-14-43(47)45-20-18-35(25-49(45)62)41-12-4-2-10-37(41)31-60/h1-27H. The van der Waals surface area contributed by atoms with Gasteiger partial charge in [-0.05, 0) is 100 Å². The minimum atomic E-state index is -4.94.